The summed E-state index contributed by atoms with van der Waals surface area (Å²) < 4.78 is 32.0. The Morgan fingerprint density at radius 1 is 0.829 bits per heavy atom. The minimum absolute atomic E-state index is 0.163. The molecule has 1 saturated heterocycles. The number of hydrogen-bond donors (Lipinski definition) is 1. The summed E-state index contributed by atoms with van der Waals surface area (Å²) in [6.45, 7) is 3.90. The first-order valence-corrected chi connectivity index (χ1v) is 10.8. The van der Waals surface area contributed by atoms with Crippen LogP contribution in [0.25, 0.3) is 0 Å². The molecule has 192 valence electrons. The van der Waals surface area contributed by atoms with Crippen molar-refractivity contribution in [3.05, 3.63) is 35.9 Å². The Morgan fingerprint density at radius 3 is 2.00 bits per heavy atom. The number of nitrogens with one attached hydrogen (secondary N) is 1. The zero-order valence-corrected chi connectivity index (χ0v) is 19.9. The van der Waals surface area contributed by atoms with Gasteiger partial charge in [0, 0.05) is 27.7 Å². The molecule has 35 heavy (non-hydrogen) atoms. The lowest BCUT2D eigenvalue weighted by Gasteiger charge is -2.44. The van der Waals surface area contributed by atoms with Crippen molar-refractivity contribution in [2.75, 3.05) is 13.2 Å². The highest BCUT2D eigenvalue weighted by molar-refractivity contribution is 5.78. The van der Waals surface area contributed by atoms with E-state index in [0.29, 0.717) is 0 Å². The Hall–Kier alpha value is -3.51. The van der Waals surface area contributed by atoms with E-state index >= 15 is 0 Å². The van der Waals surface area contributed by atoms with E-state index in [9.17, 15) is 24.0 Å². The van der Waals surface area contributed by atoms with Crippen molar-refractivity contribution in [3.63, 3.8) is 0 Å². The quantitative estimate of drug-likeness (QED) is 0.354. The van der Waals surface area contributed by atoms with E-state index in [-0.39, 0.29) is 13.2 Å². The molecule has 12 heteroatoms. The third kappa shape index (κ3) is 9.33. The SMILES string of the molecule is CC(=O)OCC1O[C@H](OC(C)=O)C(NC(=O)COCc2ccccc2)[C@@H](OC(C)=O)[C@@H]1OC(C)=O. The summed E-state index contributed by atoms with van der Waals surface area (Å²) in [5.74, 6) is -3.54. The van der Waals surface area contributed by atoms with Gasteiger partial charge in [-0.25, -0.2) is 0 Å². The maximum Gasteiger partial charge on any atom is 0.305 e. The molecule has 1 aliphatic heterocycles. The third-order valence-electron chi connectivity index (χ3n) is 4.66. The van der Waals surface area contributed by atoms with Crippen LogP contribution in [-0.2, 0) is 59.0 Å². The van der Waals surface area contributed by atoms with Crippen LogP contribution in [0.4, 0.5) is 0 Å². The number of ether oxygens (including phenoxy) is 6. The Balaban J connectivity index is 2.24. The van der Waals surface area contributed by atoms with Crippen LogP contribution in [-0.4, -0.2) is 73.6 Å². The van der Waals surface area contributed by atoms with Crippen LogP contribution in [0.1, 0.15) is 33.3 Å². The van der Waals surface area contributed by atoms with Crippen LogP contribution < -0.4 is 5.32 Å². The second-order valence-corrected chi connectivity index (χ2v) is 7.67. The fourth-order valence-electron chi connectivity index (χ4n) is 3.38. The first-order valence-electron chi connectivity index (χ1n) is 10.8. The zero-order valence-electron chi connectivity index (χ0n) is 19.9. The Morgan fingerprint density at radius 2 is 1.43 bits per heavy atom. The van der Waals surface area contributed by atoms with Crippen LogP contribution in [0.5, 0.6) is 0 Å². The molecule has 0 radical (unpaired) electrons. The molecule has 1 aliphatic rings. The number of amides is 1. The molecule has 0 bridgehead atoms. The minimum atomic E-state index is -1.46. The van der Waals surface area contributed by atoms with Crippen molar-refractivity contribution in [3.8, 4) is 0 Å². The number of rotatable bonds is 10. The summed E-state index contributed by atoms with van der Waals surface area (Å²) in [6, 6.07) is 7.88. The van der Waals surface area contributed by atoms with Gasteiger partial charge in [0.05, 0.1) is 6.61 Å². The van der Waals surface area contributed by atoms with Gasteiger partial charge in [0.25, 0.3) is 0 Å². The Kier molecular flexibility index (Phi) is 10.6. The van der Waals surface area contributed by atoms with Crippen molar-refractivity contribution < 1.29 is 52.4 Å². The van der Waals surface area contributed by atoms with Crippen molar-refractivity contribution >= 4 is 29.8 Å². The molecule has 1 amide bonds. The molecule has 1 aromatic carbocycles. The standard InChI is InChI=1S/C23H29NO11/c1-13(25)31-11-18-21(32-14(2)26)22(33-15(3)27)20(23(35-18)34-16(4)28)24-19(29)12-30-10-17-8-6-5-7-9-17/h5-9,18,20-23H,10-12H2,1-4H3,(H,24,29)/t18?,20?,21-,22-,23+/m1/s1. The van der Waals surface area contributed by atoms with Gasteiger partial charge in [-0.2, -0.15) is 0 Å². The second-order valence-electron chi connectivity index (χ2n) is 7.67. The van der Waals surface area contributed by atoms with Crippen LogP contribution in [0.15, 0.2) is 30.3 Å². The van der Waals surface area contributed by atoms with Crippen LogP contribution in [0.2, 0.25) is 0 Å². The van der Waals surface area contributed by atoms with Gasteiger partial charge < -0.3 is 33.7 Å². The Bertz CT molecular complexity index is 904. The first-order chi connectivity index (χ1) is 16.6. The predicted molar refractivity (Wildman–Crippen MR) is 116 cm³/mol. The van der Waals surface area contributed by atoms with E-state index in [0.717, 1.165) is 33.3 Å². The van der Waals surface area contributed by atoms with E-state index in [4.69, 9.17) is 28.4 Å². The van der Waals surface area contributed by atoms with Crippen molar-refractivity contribution in [2.24, 2.45) is 0 Å². The fraction of sp³-hybridized carbons (Fsp3) is 0.522. The van der Waals surface area contributed by atoms with Gasteiger partial charge in [0.15, 0.2) is 12.2 Å². The first kappa shape index (κ1) is 27.7. The number of benzene rings is 1. The highest BCUT2D eigenvalue weighted by atomic mass is 16.7. The van der Waals surface area contributed by atoms with Gasteiger partial charge in [-0.05, 0) is 5.56 Å². The number of carbonyl (C=O) groups is 5. The van der Waals surface area contributed by atoms with E-state index < -0.39 is 67.0 Å². The monoisotopic (exact) mass is 495 g/mol. The summed E-state index contributed by atoms with van der Waals surface area (Å²) in [5, 5.41) is 2.56. The average Bonchev–Trinajstić information content (AvgIpc) is 2.76. The summed E-state index contributed by atoms with van der Waals surface area (Å²) in [4.78, 5) is 59.3. The van der Waals surface area contributed by atoms with E-state index in [1.54, 1.807) is 0 Å². The van der Waals surface area contributed by atoms with Gasteiger partial charge in [0.2, 0.25) is 12.2 Å². The lowest BCUT2D eigenvalue weighted by molar-refractivity contribution is -0.271. The summed E-state index contributed by atoms with van der Waals surface area (Å²) in [6.07, 6.45) is -5.26. The maximum atomic E-state index is 12.6. The van der Waals surface area contributed by atoms with Gasteiger partial charge in [-0.1, -0.05) is 30.3 Å². The summed E-state index contributed by atoms with van der Waals surface area (Å²) in [7, 11) is 0. The van der Waals surface area contributed by atoms with Crippen LogP contribution in [0, 0.1) is 0 Å². The average molecular weight is 495 g/mol. The van der Waals surface area contributed by atoms with Gasteiger partial charge in [-0.3, -0.25) is 24.0 Å². The van der Waals surface area contributed by atoms with Gasteiger partial charge >= 0.3 is 23.9 Å². The van der Waals surface area contributed by atoms with Gasteiger partial charge in [-0.15, -0.1) is 0 Å². The third-order valence-corrected chi connectivity index (χ3v) is 4.66. The largest absolute Gasteiger partial charge is 0.463 e. The molecule has 0 saturated carbocycles. The highest BCUT2D eigenvalue weighted by Crippen LogP contribution is 2.28. The molecule has 2 unspecified atom stereocenters. The van der Waals surface area contributed by atoms with Crippen molar-refractivity contribution in [1.29, 1.82) is 0 Å². The van der Waals surface area contributed by atoms with E-state index in [2.05, 4.69) is 5.32 Å². The lowest BCUT2D eigenvalue weighted by atomic mass is 9.96. The lowest BCUT2D eigenvalue weighted by Crippen LogP contribution is -2.67. The van der Waals surface area contributed by atoms with E-state index in [1.165, 1.54) is 0 Å². The van der Waals surface area contributed by atoms with Crippen molar-refractivity contribution in [2.45, 2.75) is 64.9 Å². The molecule has 1 fully saturated rings. The molecule has 1 N–H and O–H groups in total. The molecular formula is C23H29NO11. The second kappa shape index (κ2) is 13.4. The summed E-state index contributed by atoms with van der Waals surface area (Å²) >= 11 is 0. The molecule has 0 aliphatic carbocycles. The smallest absolute Gasteiger partial charge is 0.305 e. The zero-order chi connectivity index (χ0) is 26.0. The van der Waals surface area contributed by atoms with Gasteiger partial charge in [0.1, 0.15) is 25.4 Å². The molecule has 0 aromatic heterocycles. The van der Waals surface area contributed by atoms with Crippen LogP contribution in [0.3, 0.4) is 0 Å². The van der Waals surface area contributed by atoms with Crippen molar-refractivity contribution in [1.82, 2.24) is 5.32 Å². The number of carbonyl (C=O) groups excluding carboxylic acids is 5. The molecule has 2 rings (SSSR count). The fourth-order valence-corrected chi connectivity index (χ4v) is 3.38. The van der Waals surface area contributed by atoms with E-state index in [1.807, 2.05) is 30.3 Å². The molecule has 1 heterocycles. The Labute approximate surface area is 202 Å². The molecule has 5 atom stereocenters. The van der Waals surface area contributed by atoms with Crippen LogP contribution >= 0.6 is 0 Å². The predicted octanol–water partition coefficient (Wildman–Crippen LogP) is 0.403. The maximum absolute atomic E-state index is 12.6. The molecule has 1 aromatic rings. The molecule has 0 spiro atoms. The number of hydrogen-bond acceptors (Lipinski definition) is 11. The number of esters is 4. The molecule has 12 nitrogen and oxygen atoms in total. The molecular weight excluding hydrogens is 466 g/mol. The minimum Gasteiger partial charge on any atom is -0.463 e. The topological polar surface area (TPSA) is 153 Å². The highest BCUT2D eigenvalue weighted by Gasteiger charge is 2.52. The summed E-state index contributed by atoms with van der Waals surface area (Å²) in [5.41, 5.74) is 0.847. The normalized spacial score (nSPS) is 23.5.